The van der Waals surface area contributed by atoms with Gasteiger partial charge >= 0.3 is 0 Å². The second kappa shape index (κ2) is 5.72. The number of aromatic nitrogens is 4. The summed E-state index contributed by atoms with van der Waals surface area (Å²) in [5.74, 6) is 0.611. The fourth-order valence-corrected chi connectivity index (χ4v) is 3.77. The maximum Gasteiger partial charge on any atom is 0.260 e. The van der Waals surface area contributed by atoms with E-state index in [1.807, 2.05) is 55.1 Å². The zero-order valence-corrected chi connectivity index (χ0v) is 14.2. The summed E-state index contributed by atoms with van der Waals surface area (Å²) in [7, 11) is 0. The molecule has 3 heterocycles. The lowest BCUT2D eigenvalue weighted by molar-refractivity contribution is 0.687. The number of benzene rings is 1. The van der Waals surface area contributed by atoms with Crippen LogP contribution in [0.5, 0.6) is 0 Å². The van der Waals surface area contributed by atoms with E-state index in [0.29, 0.717) is 11.2 Å². The molecule has 0 atom stereocenters. The van der Waals surface area contributed by atoms with Gasteiger partial charge in [0.2, 0.25) is 0 Å². The molecule has 24 heavy (non-hydrogen) atoms. The van der Waals surface area contributed by atoms with Gasteiger partial charge in [0, 0.05) is 22.8 Å². The van der Waals surface area contributed by atoms with Gasteiger partial charge in [0.05, 0.1) is 11.9 Å². The molecule has 0 aliphatic carbocycles. The highest BCUT2D eigenvalue weighted by atomic mass is 32.1. The van der Waals surface area contributed by atoms with Gasteiger partial charge in [-0.05, 0) is 31.0 Å². The summed E-state index contributed by atoms with van der Waals surface area (Å²) in [6.45, 7) is 4.71. The van der Waals surface area contributed by atoms with Crippen molar-refractivity contribution in [1.82, 2.24) is 19.7 Å². The van der Waals surface area contributed by atoms with E-state index in [2.05, 4.69) is 15.1 Å². The highest BCUT2D eigenvalue weighted by molar-refractivity contribution is 7.18. The van der Waals surface area contributed by atoms with Crippen molar-refractivity contribution in [3.8, 4) is 11.4 Å². The second-order valence-corrected chi connectivity index (χ2v) is 6.98. The van der Waals surface area contributed by atoms with Crippen LogP contribution >= 0.6 is 11.3 Å². The van der Waals surface area contributed by atoms with E-state index in [9.17, 15) is 4.79 Å². The molecule has 6 heteroatoms. The number of H-pyrrole nitrogens is 1. The average Bonchev–Trinajstić information content (AvgIpc) is 3.17. The molecule has 0 spiro atoms. The smallest absolute Gasteiger partial charge is 0.260 e. The molecule has 0 amide bonds. The Bertz CT molecular complexity index is 1060. The first kappa shape index (κ1) is 14.8. The standard InChI is InChI=1S/C18H16N4OS/c1-11-12(2)24-18-15(11)17(23)20-16(21-18)14-6-4-13(5-7-14)10-22-9-3-8-19-22/h3-9H,10H2,1-2H3,(H,20,21,23). The fraction of sp³-hybridized carbons (Fsp3) is 0.167. The van der Waals surface area contributed by atoms with Crippen molar-refractivity contribution < 1.29 is 0 Å². The molecule has 1 aromatic carbocycles. The Balaban J connectivity index is 1.71. The van der Waals surface area contributed by atoms with Gasteiger partial charge in [-0.3, -0.25) is 9.48 Å². The molecule has 120 valence electrons. The number of hydrogen-bond donors (Lipinski definition) is 1. The molecule has 0 fully saturated rings. The van der Waals surface area contributed by atoms with Crippen molar-refractivity contribution in [2.24, 2.45) is 0 Å². The minimum absolute atomic E-state index is 0.0718. The van der Waals surface area contributed by atoms with Crippen LogP contribution in [0.3, 0.4) is 0 Å². The maximum absolute atomic E-state index is 12.4. The van der Waals surface area contributed by atoms with Gasteiger partial charge in [0.25, 0.3) is 5.56 Å². The van der Waals surface area contributed by atoms with Gasteiger partial charge in [0.1, 0.15) is 10.7 Å². The van der Waals surface area contributed by atoms with Crippen LogP contribution in [0.4, 0.5) is 0 Å². The zero-order valence-electron chi connectivity index (χ0n) is 13.4. The fourth-order valence-electron chi connectivity index (χ4n) is 2.74. The maximum atomic E-state index is 12.4. The predicted molar refractivity (Wildman–Crippen MR) is 96.5 cm³/mol. The molecule has 0 radical (unpaired) electrons. The summed E-state index contributed by atoms with van der Waals surface area (Å²) in [6, 6.07) is 9.94. The minimum atomic E-state index is -0.0718. The molecule has 3 aromatic heterocycles. The molecule has 0 aliphatic heterocycles. The zero-order chi connectivity index (χ0) is 16.7. The SMILES string of the molecule is Cc1sc2nc(-c3ccc(Cn4cccn4)cc3)[nH]c(=O)c2c1C. The molecular formula is C18H16N4OS. The third-order valence-corrected chi connectivity index (χ3v) is 5.27. The normalized spacial score (nSPS) is 11.2. The van der Waals surface area contributed by atoms with Crippen molar-refractivity contribution in [2.45, 2.75) is 20.4 Å². The molecule has 4 rings (SSSR count). The first-order chi connectivity index (χ1) is 11.6. The topological polar surface area (TPSA) is 63.6 Å². The van der Waals surface area contributed by atoms with Crippen molar-refractivity contribution in [3.63, 3.8) is 0 Å². The second-order valence-electron chi connectivity index (χ2n) is 5.78. The van der Waals surface area contributed by atoms with Crippen LogP contribution < -0.4 is 5.56 Å². The molecule has 5 nitrogen and oxygen atoms in total. The number of aromatic amines is 1. The van der Waals surface area contributed by atoms with Crippen LogP contribution in [0.15, 0.2) is 47.5 Å². The molecule has 1 N–H and O–H groups in total. The van der Waals surface area contributed by atoms with Crippen molar-refractivity contribution in [2.75, 3.05) is 0 Å². The van der Waals surface area contributed by atoms with Gasteiger partial charge in [-0.25, -0.2) is 4.98 Å². The monoisotopic (exact) mass is 336 g/mol. The summed E-state index contributed by atoms with van der Waals surface area (Å²) in [5.41, 5.74) is 3.00. The highest BCUT2D eigenvalue weighted by Crippen LogP contribution is 2.27. The first-order valence-corrected chi connectivity index (χ1v) is 8.50. The van der Waals surface area contributed by atoms with Gasteiger partial charge in [0.15, 0.2) is 0 Å². The van der Waals surface area contributed by atoms with E-state index in [0.717, 1.165) is 32.9 Å². The van der Waals surface area contributed by atoms with Crippen LogP contribution in [0.2, 0.25) is 0 Å². The Morgan fingerprint density at radius 1 is 1.21 bits per heavy atom. The molecule has 0 unspecified atom stereocenters. The Kier molecular flexibility index (Phi) is 3.54. The third-order valence-electron chi connectivity index (χ3n) is 4.17. The summed E-state index contributed by atoms with van der Waals surface area (Å²) in [6.07, 6.45) is 3.70. The predicted octanol–water partition coefficient (Wildman–Crippen LogP) is 3.51. The van der Waals surface area contributed by atoms with E-state index in [-0.39, 0.29) is 5.56 Å². The highest BCUT2D eigenvalue weighted by Gasteiger charge is 2.12. The quantitative estimate of drug-likeness (QED) is 0.623. The van der Waals surface area contributed by atoms with Gasteiger partial charge < -0.3 is 4.98 Å². The van der Waals surface area contributed by atoms with Crippen LogP contribution in [0.25, 0.3) is 21.6 Å². The van der Waals surface area contributed by atoms with Crippen molar-refractivity contribution in [3.05, 3.63) is 69.1 Å². The molecule has 0 aliphatic rings. The van der Waals surface area contributed by atoms with Gasteiger partial charge in [-0.1, -0.05) is 24.3 Å². The average molecular weight is 336 g/mol. The van der Waals surface area contributed by atoms with E-state index < -0.39 is 0 Å². The van der Waals surface area contributed by atoms with E-state index in [1.54, 1.807) is 17.5 Å². The van der Waals surface area contributed by atoms with Crippen LogP contribution in [-0.4, -0.2) is 19.7 Å². The number of aryl methyl sites for hydroxylation is 2. The van der Waals surface area contributed by atoms with Crippen LogP contribution in [-0.2, 0) is 6.54 Å². The Hall–Kier alpha value is -2.73. The van der Waals surface area contributed by atoms with Crippen LogP contribution in [0.1, 0.15) is 16.0 Å². The number of fused-ring (bicyclic) bond motifs is 1. The van der Waals surface area contributed by atoms with E-state index in [1.165, 1.54) is 0 Å². The summed E-state index contributed by atoms with van der Waals surface area (Å²) in [4.78, 5) is 21.9. The van der Waals surface area contributed by atoms with E-state index in [4.69, 9.17) is 0 Å². The first-order valence-electron chi connectivity index (χ1n) is 7.68. The van der Waals surface area contributed by atoms with Crippen molar-refractivity contribution in [1.29, 1.82) is 0 Å². The number of rotatable bonds is 3. The lowest BCUT2D eigenvalue weighted by Crippen LogP contribution is -2.09. The molecule has 0 saturated heterocycles. The third kappa shape index (κ3) is 2.55. The summed E-state index contributed by atoms with van der Waals surface area (Å²) < 4.78 is 1.87. The Labute approximate surface area is 142 Å². The molecule has 0 bridgehead atoms. The van der Waals surface area contributed by atoms with E-state index >= 15 is 0 Å². The molecular weight excluding hydrogens is 320 g/mol. The van der Waals surface area contributed by atoms with Crippen molar-refractivity contribution >= 4 is 21.6 Å². The lowest BCUT2D eigenvalue weighted by atomic mass is 10.1. The Morgan fingerprint density at radius 3 is 2.71 bits per heavy atom. The summed E-state index contributed by atoms with van der Waals surface area (Å²) in [5, 5.41) is 4.91. The number of thiophene rings is 1. The van der Waals surface area contributed by atoms with Gasteiger partial charge in [-0.15, -0.1) is 11.3 Å². The number of nitrogens with one attached hydrogen (secondary N) is 1. The largest absolute Gasteiger partial charge is 0.306 e. The minimum Gasteiger partial charge on any atom is -0.306 e. The van der Waals surface area contributed by atoms with Crippen LogP contribution in [0, 0.1) is 13.8 Å². The number of nitrogens with zero attached hydrogens (tertiary/aromatic N) is 3. The Morgan fingerprint density at radius 2 is 2.00 bits per heavy atom. The number of hydrogen-bond acceptors (Lipinski definition) is 4. The molecule has 0 saturated carbocycles. The molecule has 4 aromatic rings. The summed E-state index contributed by atoms with van der Waals surface area (Å²) >= 11 is 1.56. The van der Waals surface area contributed by atoms with Gasteiger partial charge in [-0.2, -0.15) is 5.10 Å². The lowest BCUT2D eigenvalue weighted by Gasteiger charge is -2.05.